The van der Waals surface area contributed by atoms with Gasteiger partial charge in [-0.15, -0.1) is 0 Å². The van der Waals surface area contributed by atoms with Crippen LogP contribution in [0.4, 0.5) is 13.2 Å². The Morgan fingerprint density at radius 3 is 2.64 bits per heavy atom. The van der Waals surface area contributed by atoms with Crippen LogP contribution in [0.5, 0.6) is 5.75 Å². The summed E-state index contributed by atoms with van der Waals surface area (Å²) in [4.78, 5) is 1.79. The van der Waals surface area contributed by atoms with Crippen LogP contribution in [0, 0.1) is 5.82 Å². The van der Waals surface area contributed by atoms with E-state index < -0.39 is 6.43 Å². The summed E-state index contributed by atoms with van der Waals surface area (Å²) in [5, 5.41) is 3.37. The Labute approximate surface area is 129 Å². The van der Waals surface area contributed by atoms with Crippen molar-refractivity contribution in [2.45, 2.75) is 38.8 Å². The number of hydrogen-bond donors (Lipinski definition) is 1. The Balaban J connectivity index is 1.76. The molecule has 1 aromatic carbocycles. The molecular weight excluding hydrogens is 293 g/mol. The van der Waals surface area contributed by atoms with Gasteiger partial charge in [0.05, 0.1) is 13.2 Å². The number of nitrogens with one attached hydrogen (secondary N) is 1. The summed E-state index contributed by atoms with van der Waals surface area (Å²) in [6.07, 6.45) is -0.588. The molecule has 0 saturated carbocycles. The fourth-order valence-corrected chi connectivity index (χ4v) is 2.70. The van der Waals surface area contributed by atoms with E-state index in [1.807, 2.05) is 13.0 Å². The fraction of sp³-hybridized carbons (Fsp3) is 0.625. The van der Waals surface area contributed by atoms with Gasteiger partial charge in [0.25, 0.3) is 6.43 Å². The third-order valence-electron chi connectivity index (χ3n) is 3.87. The van der Waals surface area contributed by atoms with Crippen LogP contribution in [0.2, 0.25) is 0 Å². The SMILES string of the molecule is CCOc1ccc(CNC2CCN(CC(F)F)CC2)cc1F. The van der Waals surface area contributed by atoms with Crippen molar-refractivity contribution in [3.05, 3.63) is 29.6 Å². The fourth-order valence-electron chi connectivity index (χ4n) is 2.70. The van der Waals surface area contributed by atoms with Crippen LogP contribution in [0.25, 0.3) is 0 Å². The minimum absolute atomic E-state index is 0.142. The molecule has 0 spiro atoms. The highest BCUT2D eigenvalue weighted by molar-refractivity contribution is 5.29. The predicted octanol–water partition coefficient (Wildman–Crippen LogP) is 3.04. The maximum absolute atomic E-state index is 13.7. The average Bonchev–Trinajstić information content (AvgIpc) is 2.49. The number of hydrogen-bond acceptors (Lipinski definition) is 3. The summed E-state index contributed by atoms with van der Waals surface area (Å²) in [5.41, 5.74) is 0.857. The highest BCUT2D eigenvalue weighted by Gasteiger charge is 2.20. The Hall–Kier alpha value is -1.27. The molecule has 1 heterocycles. The minimum atomic E-state index is -2.27. The molecule has 3 nitrogen and oxygen atoms in total. The van der Waals surface area contributed by atoms with Gasteiger partial charge in [0, 0.05) is 12.6 Å². The maximum atomic E-state index is 13.7. The lowest BCUT2D eigenvalue weighted by molar-refractivity contribution is 0.0729. The van der Waals surface area contributed by atoms with Gasteiger partial charge in [0.2, 0.25) is 0 Å². The Morgan fingerprint density at radius 2 is 2.05 bits per heavy atom. The van der Waals surface area contributed by atoms with Crippen molar-refractivity contribution >= 4 is 0 Å². The van der Waals surface area contributed by atoms with E-state index in [9.17, 15) is 13.2 Å². The molecule has 124 valence electrons. The highest BCUT2D eigenvalue weighted by Crippen LogP contribution is 2.19. The third-order valence-corrected chi connectivity index (χ3v) is 3.87. The van der Waals surface area contributed by atoms with Gasteiger partial charge in [-0.05, 0) is 50.6 Å². The zero-order valence-electron chi connectivity index (χ0n) is 12.8. The van der Waals surface area contributed by atoms with Crippen LogP contribution in [0.15, 0.2) is 18.2 Å². The van der Waals surface area contributed by atoms with Gasteiger partial charge < -0.3 is 10.1 Å². The van der Waals surface area contributed by atoms with Crippen LogP contribution in [-0.2, 0) is 6.54 Å². The zero-order chi connectivity index (χ0) is 15.9. The summed E-state index contributed by atoms with van der Waals surface area (Å²) in [7, 11) is 0. The van der Waals surface area contributed by atoms with Crippen LogP contribution < -0.4 is 10.1 Å². The second-order valence-corrected chi connectivity index (χ2v) is 5.54. The number of rotatable bonds is 7. The number of alkyl halides is 2. The molecule has 1 fully saturated rings. The molecule has 1 aliphatic rings. The molecule has 1 aromatic rings. The second kappa shape index (κ2) is 8.39. The van der Waals surface area contributed by atoms with Crippen molar-refractivity contribution in [2.24, 2.45) is 0 Å². The molecule has 0 unspecified atom stereocenters. The smallest absolute Gasteiger partial charge is 0.251 e. The van der Waals surface area contributed by atoms with Crippen molar-refractivity contribution in [3.8, 4) is 5.75 Å². The van der Waals surface area contributed by atoms with Crippen LogP contribution in [0.3, 0.4) is 0 Å². The molecule has 0 radical (unpaired) electrons. The van der Waals surface area contributed by atoms with Crippen molar-refractivity contribution in [1.82, 2.24) is 10.2 Å². The monoisotopic (exact) mass is 316 g/mol. The average molecular weight is 316 g/mol. The molecule has 0 aromatic heterocycles. The van der Waals surface area contributed by atoms with E-state index in [0.717, 1.165) is 18.4 Å². The van der Waals surface area contributed by atoms with Crippen molar-refractivity contribution < 1.29 is 17.9 Å². The van der Waals surface area contributed by atoms with Crippen LogP contribution >= 0.6 is 0 Å². The largest absolute Gasteiger partial charge is 0.491 e. The van der Waals surface area contributed by atoms with Gasteiger partial charge >= 0.3 is 0 Å². The van der Waals surface area contributed by atoms with Crippen molar-refractivity contribution in [3.63, 3.8) is 0 Å². The first-order valence-electron chi connectivity index (χ1n) is 7.73. The third kappa shape index (κ3) is 5.18. The zero-order valence-corrected chi connectivity index (χ0v) is 12.8. The maximum Gasteiger partial charge on any atom is 0.251 e. The van der Waals surface area contributed by atoms with E-state index in [4.69, 9.17) is 4.74 Å². The summed E-state index contributed by atoms with van der Waals surface area (Å²) >= 11 is 0. The molecule has 6 heteroatoms. The standard InChI is InChI=1S/C16H23F3N2O/c1-2-22-15-4-3-12(9-14(15)17)10-20-13-5-7-21(8-6-13)11-16(18)19/h3-4,9,13,16,20H,2,5-8,10-11H2,1H3. The Morgan fingerprint density at radius 1 is 1.32 bits per heavy atom. The summed E-state index contributed by atoms with van der Waals surface area (Å²) in [5.74, 6) is -0.0838. The molecule has 0 aliphatic carbocycles. The number of ether oxygens (including phenoxy) is 1. The van der Waals surface area contributed by atoms with E-state index in [1.54, 1.807) is 11.0 Å². The first-order chi connectivity index (χ1) is 10.6. The molecule has 22 heavy (non-hydrogen) atoms. The van der Waals surface area contributed by atoms with Crippen LogP contribution in [-0.4, -0.2) is 43.6 Å². The highest BCUT2D eigenvalue weighted by atomic mass is 19.3. The molecule has 0 bridgehead atoms. The summed E-state index contributed by atoms with van der Waals surface area (Å²) in [6.45, 7) is 4.04. The molecule has 2 rings (SSSR count). The lowest BCUT2D eigenvalue weighted by atomic mass is 10.0. The first kappa shape index (κ1) is 17.1. The van der Waals surface area contributed by atoms with Gasteiger partial charge in [-0.25, -0.2) is 13.2 Å². The van der Waals surface area contributed by atoms with E-state index in [-0.39, 0.29) is 18.1 Å². The van der Waals surface area contributed by atoms with E-state index in [1.165, 1.54) is 6.07 Å². The number of likely N-dealkylation sites (tertiary alicyclic amines) is 1. The van der Waals surface area contributed by atoms with Gasteiger partial charge in [0.1, 0.15) is 0 Å². The quantitative estimate of drug-likeness (QED) is 0.837. The van der Waals surface area contributed by atoms with Gasteiger partial charge in [0.15, 0.2) is 11.6 Å². The molecule has 1 saturated heterocycles. The number of nitrogens with zero attached hydrogens (tertiary/aromatic N) is 1. The second-order valence-electron chi connectivity index (χ2n) is 5.54. The summed E-state index contributed by atoms with van der Waals surface area (Å²) < 4.78 is 43.5. The predicted molar refractivity (Wildman–Crippen MR) is 79.9 cm³/mol. The lowest BCUT2D eigenvalue weighted by Gasteiger charge is -2.32. The Kier molecular flexibility index (Phi) is 6.51. The number of halogens is 3. The van der Waals surface area contributed by atoms with E-state index >= 15 is 0 Å². The van der Waals surface area contributed by atoms with Gasteiger partial charge in [-0.1, -0.05) is 6.07 Å². The first-order valence-corrected chi connectivity index (χ1v) is 7.73. The molecule has 0 atom stereocenters. The van der Waals surface area contributed by atoms with Crippen molar-refractivity contribution in [2.75, 3.05) is 26.2 Å². The number of benzene rings is 1. The van der Waals surface area contributed by atoms with E-state index in [2.05, 4.69) is 5.32 Å². The van der Waals surface area contributed by atoms with Crippen molar-refractivity contribution in [1.29, 1.82) is 0 Å². The van der Waals surface area contributed by atoms with Gasteiger partial charge in [-0.2, -0.15) is 0 Å². The molecular formula is C16H23F3N2O. The minimum Gasteiger partial charge on any atom is -0.491 e. The topological polar surface area (TPSA) is 24.5 Å². The molecule has 1 N–H and O–H groups in total. The summed E-state index contributed by atoms with van der Waals surface area (Å²) in [6, 6.07) is 5.25. The normalized spacial score (nSPS) is 17.1. The number of piperidine rings is 1. The van der Waals surface area contributed by atoms with Crippen LogP contribution in [0.1, 0.15) is 25.3 Å². The van der Waals surface area contributed by atoms with Gasteiger partial charge in [-0.3, -0.25) is 4.90 Å². The Bertz CT molecular complexity index is 463. The lowest BCUT2D eigenvalue weighted by Crippen LogP contribution is -2.43. The molecule has 0 amide bonds. The van der Waals surface area contributed by atoms with E-state index in [0.29, 0.717) is 32.3 Å². The molecule has 1 aliphatic heterocycles.